The number of nitrogens with zero attached hydrogens (tertiary/aromatic N) is 3. The smallest absolute Gasteiger partial charge is 0.241 e. The molecule has 2 aromatic heterocycles. The quantitative estimate of drug-likeness (QED) is 0.438. The monoisotopic (exact) mass is 309 g/mol. The topological polar surface area (TPSA) is 105 Å². The third kappa shape index (κ3) is 2.22. The Labute approximate surface area is 123 Å². The third-order valence-electron chi connectivity index (χ3n) is 2.64. The molecule has 20 heavy (non-hydrogen) atoms. The third-order valence-corrected chi connectivity index (χ3v) is 3.46. The van der Waals surface area contributed by atoms with Gasteiger partial charge in [0.05, 0.1) is 27.3 Å². The van der Waals surface area contributed by atoms with Crippen LogP contribution < -0.4 is 16.6 Å². The van der Waals surface area contributed by atoms with Crippen molar-refractivity contribution in [3.8, 4) is 0 Å². The number of anilines is 3. The summed E-state index contributed by atoms with van der Waals surface area (Å²) in [5.74, 6) is 6.11. The van der Waals surface area contributed by atoms with Gasteiger partial charge in [-0.3, -0.25) is 10.5 Å². The van der Waals surface area contributed by atoms with E-state index in [2.05, 4.69) is 30.9 Å². The fourth-order valence-electron chi connectivity index (χ4n) is 1.72. The van der Waals surface area contributed by atoms with Crippen LogP contribution in [-0.2, 0) is 0 Å². The van der Waals surface area contributed by atoms with Crippen LogP contribution in [0.1, 0.15) is 0 Å². The minimum atomic E-state index is 0.252. The average Bonchev–Trinajstić information content (AvgIpc) is 2.92. The van der Waals surface area contributed by atoms with Crippen molar-refractivity contribution in [2.45, 2.75) is 0 Å². The molecule has 0 amide bonds. The van der Waals surface area contributed by atoms with Crippen LogP contribution in [-0.4, -0.2) is 20.2 Å². The molecule has 0 unspecified atom stereocenters. The van der Waals surface area contributed by atoms with Gasteiger partial charge in [-0.05, 0) is 12.1 Å². The van der Waals surface area contributed by atoms with Crippen molar-refractivity contribution in [2.24, 2.45) is 5.84 Å². The molecular formula is C11H9Cl2N7. The Hall–Kier alpha value is -2.09. The molecule has 0 saturated heterocycles. The lowest BCUT2D eigenvalue weighted by Gasteiger charge is -2.10. The highest BCUT2D eigenvalue weighted by atomic mass is 35.5. The summed E-state index contributed by atoms with van der Waals surface area (Å²) < 4.78 is 0. The highest BCUT2D eigenvalue weighted by Gasteiger charge is 2.11. The van der Waals surface area contributed by atoms with Gasteiger partial charge in [-0.25, -0.2) is 5.84 Å². The van der Waals surface area contributed by atoms with Crippen LogP contribution in [0.3, 0.4) is 0 Å². The van der Waals surface area contributed by atoms with E-state index in [1.807, 2.05) is 0 Å². The summed E-state index contributed by atoms with van der Waals surface area (Å²) in [6, 6.07) is 5.28. The lowest BCUT2D eigenvalue weighted by atomic mass is 10.3. The highest BCUT2D eigenvalue weighted by molar-refractivity contribution is 6.43. The lowest BCUT2D eigenvalue weighted by Crippen LogP contribution is -2.11. The largest absolute Gasteiger partial charge is 0.338 e. The summed E-state index contributed by atoms with van der Waals surface area (Å²) in [7, 11) is 0. The van der Waals surface area contributed by atoms with E-state index in [9.17, 15) is 0 Å². The summed E-state index contributed by atoms with van der Waals surface area (Å²) in [5.41, 5.74) is 3.57. The van der Waals surface area contributed by atoms with Crippen molar-refractivity contribution in [1.82, 2.24) is 20.2 Å². The second kappa shape index (κ2) is 5.12. The normalized spacial score (nSPS) is 10.8. The van der Waals surface area contributed by atoms with E-state index >= 15 is 0 Å². The van der Waals surface area contributed by atoms with Crippen LogP contribution in [0.15, 0.2) is 24.4 Å². The van der Waals surface area contributed by atoms with Gasteiger partial charge in [-0.2, -0.15) is 15.1 Å². The number of aromatic amines is 1. The van der Waals surface area contributed by atoms with E-state index in [1.165, 1.54) is 0 Å². The zero-order valence-electron chi connectivity index (χ0n) is 9.98. The predicted molar refractivity (Wildman–Crippen MR) is 79.2 cm³/mol. The Morgan fingerprint density at radius 1 is 1.20 bits per heavy atom. The molecule has 7 nitrogen and oxygen atoms in total. The van der Waals surface area contributed by atoms with E-state index in [1.54, 1.807) is 24.4 Å². The average molecular weight is 310 g/mol. The number of nitrogens with two attached hydrogens (primary N) is 1. The summed E-state index contributed by atoms with van der Waals surface area (Å²) in [6.07, 6.45) is 1.61. The molecule has 0 fully saturated rings. The number of hydrazine groups is 1. The molecule has 0 spiro atoms. The van der Waals surface area contributed by atoms with Crippen LogP contribution in [0.2, 0.25) is 10.0 Å². The van der Waals surface area contributed by atoms with Gasteiger partial charge >= 0.3 is 0 Å². The Kier molecular flexibility index (Phi) is 3.31. The number of benzene rings is 1. The zero-order chi connectivity index (χ0) is 14.1. The number of H-pyrrole nitrogens is 1. The second-order valence-corrected chi connectivity index (χ2v) is 4.68. The van der Waals surface area contributed by atoms with Crippen LogP contribution in [0.5, 0.6) is 0 Å². The molecule has 0 aliphatic rings. The highest BCUT2D eigenvalue weighted by Crippen LogP contribution is 2.32. The van der Waals surface area contributed by atoms with E-state index in [4.69, 9.17) is 29.0 Å². The molecular weight excluding hydrogens is 301 g/mol. The Morgan fingerprint density at radius 3 is 2.85 bits per heavy atom. The Balaban J connectivity index is 2.10. The van der Waals surface area contributed by atoms with E-state index < -0.39 is 0 Å². The summed E-state index contributed by atoms with van der Waals surface area (Å²) in [6.45, 7) is 0. The van der Waals surface area contributed by atoms with Crippen molar-refractivity contribution in [1.29, 1.82) is 0 Å². The van der Waals surface area contributed by atoms with Crippen molar-refractivity contribution >= 4 is 51.7 Å². The summed E-state index contributed by atoms with van der Waals surface area (Å²) >= 11 is 12.1. The molecule has 0 atom stereocenters. The number of halogens is 2. The molecule has 0 saturated carbocycles. The van der Waals surface area contributed by atoms with E-state index in [0.717, 1.165) is 0 Å². The molecule has 102 valence electrons. The van der Waals surface area contributed by atoms with Crippen molar-refractivity contribution < 1.29 is 0 Å². The number of aromatic nitrogens is 4. The van der Waals surface area contributed by atoms with E-state index in [-0.39, 0.29) is 5.95 Å². The van der Waals surface area contributed by atoms with Gasteiger partial charge in [-0.15, -0.1) is 0 Å². The summed E-state index contributed by atoms with van der Waals surface area (Å²) in [5, 5.41) is 11.3. The number of nitrogen functional groups attached to an aromatic ring is 1. The van der Waals surface area contributed by atoms with Crippen molar-refractivity contribution in [3.05, 3.63) is 34.4 Å². The minimum Gasteiger partial charge on any atom is -0.338 e. The summed E-state index contributed by atoms with van der Waals surface area (Å²) in [4.78, 5) is 8.37. The van der Waals surface area contributed by atoms with Gasteiger partial charge in [0, 0.05) is 0 Å². The number of hydrogen-bond acceptors (Lipinski definition) is 6. The Morgan fingerprint density at radius 2 is 2.05 bits per heavy atom. The molecule has 9 heteroatoms. The van der Waals surface area contributed by atoms with Crippen LogP contribution >= 0.6 is 23.2 Å². The van der Waals surface area contributed by atoms with Crippen molar-refractivity contribution in [3.63, 3.8) is 0 Å². The first-order chi connectivity index (χ1) is 9.69. The van der Waals surface area contributed by atoms with Gasteiger partial charge in [0.1, 0.15) is 5.82 Å². The van der Waals surface area contributed by atoms with Crippen LogP contribution in [0.4, 0.5) is 17.5 Å². The molecule has 0 aliphatic heterocycles. The molecule has 0 aliphatic carbocycles. The molecule has 3 rings (SSSR count). The molecule has 0 bridgehead atoms. The van der Waals surface area contributed by atoms with E-state index in [0.29, 0.717) is 32.6 Å². The van der Waals surface area contributed by atoms with Gasteiger partial charge in [0.15, 0.2) is 5.65 Å². The fraction of sp³-hybridized carbons (Fsp3) is 0. The standard InChI is InChI=1S/C11H9Cl2N7/c12-6-2-1-3-7(8(6)13)16-9-5-4-15-20-10(5)18-11(17-9)19-14/h1-4H,14H2,(H3,15,16,17,18,19,20). The minimum absolute atomic E-state index is 0.252. The van der Waals surface area contributed by atoms with Gasteiger partial charge < -0.3 is 5.32 Å². The molecule has 1 aromatic carbocycles. The maximum Gasteiger partial charge on any atom is 0.241 e. The number of hydrogen-bond donors (Lipinski definition) is 4. The maximum atomic E-state index is 6.14. The SMILES string of the molecule is NNc1nc(Nc2cccc(Cl)c2Cl)c2cn[nH]c2n1. The van der Waals surface area contributed by atoms with Gasteiger partial charge in [-0.1, -0.05) is 29.3 Å². The fourth-order valence-corrected chi connectivity index (χ4v) is 2.07. The molecule has 5 N–H and O–H groups in total. The molecule has 2 heterocycles. The first-order valence-corrected chi connectivity index (χ1v) is 6.33. The predicted octanol–water partition coefficient (Wildman–Crippen LogP) is 2.69. The number of nitrogens with one attached hydrogen (secondary N) is 3. The molecule has 0 radical (unpaired) electrons. The van der Waals surface area contributed by atoms with Gasteiger partial charge in [0.2, 0.25) is 5.95 Å². The maximum absolute atomic E-state index is 6.14. The van der Waals surface area contributed by atoms with Crippen LogP contribution in [0, 0.1) is 0 Å². The zero-order valence-corrected chi connectivity index (χ0v) is 11.5. The van der Waals surface area contributed by atoms with Crippen LogP contribution in [0.25, 0.3) is 11.0 Å². The second-order valence-electron chi connectivity index (χ2n) is 3.90. The first kappa shape index (κ1) is 12.9. The number of fused-ring (bicyclic) bond motifs is 1. The molecule has 3 aromatic rings. The Bertz CT molecular complexity index is 771. The number of rotatable bonds is 3. The van der Waals surface area contributed by atoms with Gasteiger partial charge in [0.25, 0.3) is 0 Å². The first-order valence-electron chi connectivity index (χ1n) is 5.58. The van der Waals surface area contributed by atoms with Crippen molar-refractivity contribution in [2.75, 3.05) is 10.7 Å². The lowest BCUT2D eigenvalue weighted by molar-refractivity contribution is 1.08.